The number of hydrogen-bond donors (Lipinski definition) is 1. The molecule has 0 spiro atoms. The van der Waals surface area contributed by atoms with Gasteiger partial charge in [0.2, 0.25) is 0 Å². The Kier molecular flexibility index (Phi) is 5.92. The van der Waals surface area contributed by atoms with E-state index in [1.807, 2.05) is 13.8 Å². The zero-order chi connectivity index (χ0) is 15.1. The second kappa shape index (κ2) is 7.44. The van der Waals surface area contributed by atoms with Crippen LogP contribution in [-0.2, 0) is 4.74 Å². The van der Waals surface area contributed by atoms with E-state index in [1.54, 1.807) is 0 Å². The standard InChI is InChI=1S/C13H18N2O5/c1-3-14(4-2)7-8-20-13(17)11-6-5-10(15(18)19)9-12(11)16/h5-6,9,16H,3-4,7-8H2,1-2H3. The Hall–Kier alpha value is -2.15. The van der Waals surface area contributed by atoms with Gasteiger partial charge in [0.25, 0.3) is 5.69 Å². The largest absolute Gasteiger partial charge is 0.507 e. The molecule has 0 atom stereocenters. The third-order valence-electron chi connectivity index (χ3n) is 2.95. The molecule has 0 aliphatic rings. The van der Waals surface area contributed by atoms with Gasteiger partial charge >= 0.3 is 5.97 Å². The first kappa shape index (κ1) is 15.9. The molecule has 110 valence electrons. The van der Waals surface area contributed by atoms with Gasteiger partial charge in [-0.05, 0) is 19.2 Å². The summed E-state index contributed by atoms with van der Waals surface area (Å²) >= 11 is 0. The number of non-ortho nitro benzene ring substituents is 1. The fourth-order valence-electron chi connectivity index (χ4n) is 1.69. The third kappa shape index (κ3) is 4.20. The van der Waals surface area contributed by atoms with Crippen LogP contribution in [0.3, 0.4) is 0 Å². The highest BCUT2D eigenvalue weighted by Gasteiger charge is 2.16. The topological polar surface area (TPSA) is 92.9 Å². The Morgan fingerprint density at radius 3 is 2.55 bits per heavy atom. The van der Waals surface area contributed by atoms with E-state index in [2.05, 4.69) is 4.90 Å². The van der Waals surface area contributed by atoms with Crippen LogP contribution in [0.2, 0.25) is 0 Å². The van der Waals surface area contributed by atoms with Gasteiger partial charge in [0.15, 0.2) is 0 Å². The maximum absolute atomic E-state index is 11.7. The number of phenolic OH excluding ortho intramolecular Hbond substituents is 1. The molecule has 0 aliphatic carbocycles. The van der Waals surface area contributed by atoms with Gasteiger partial charge in [-0.3, -0.25) is 10.1 Å². The van der Waals surface area contributed by atoms with Gasteiger partial charge in [0, 0.05) is 12.6 Å². The lowest BCUT2D eigenvalue weighted by Crippen LogP contribution is -2.27. The average molecular weight is 282 g/mol. The van der Waals surface area contributed by atoms with Gasteiger partial charge in [0.05, 0.1) is 11.0 Å². The Morgan fingerprint density at radius 2 is 2.05 bits per heavy atom. The number of likely N-dealkylation sites (N-methyl/N-ethyl adjacent to an activating group) is 1. The molecule has 7 heteroatoms. The minimum atomic E-state index is -0.690. The molecule has 20 heavy (non-hydrogen) atoms. The zero-order valence-electron chi connectivity index (χ0n) is 11.5. The van der Waals surface area contributed by atoms with Crippen LogP contribution in [0.15, 0.2) is 18.2 Å². The normalized spacial score (nSPS) is 10.6. The first-order valence-electron chi connectivity index (χ1n) is 6.36. The summed E-state index contributed by atoms with van der Waals surface area (Å²) in [6.45, 7) is 6.54. The SMILES string of the molecule is CCN(CC)CCOC(=O)c1ccc([N+](=O)[O-])cc1O. The van der Waals surface area contributed by atoms with Crippen LogP contribution < -0.4 is 0 Å². The highest BCUT2D eigenvalue weighted by atomic mass is 16.6. The smallest absolute Gasteiger partial charge is 0.341 e. The minimum Gasteiger partial charge on any atom is -0.507 e. The summed E-state index contributed by atoms with van der Waals surface area (Å²) in [5.74, 6) is -1.14. The molecule has 0 aromatic heterocycles. The van der Waals surface area contributed by atoms with Gasteiger partial charge in [-0.15, -0.1) is 0 Å². The van der Waals surface area contributed by atoms with Crippen molar-refractivity contribution in [3.8, 4) is 5.75 Å². The van der Waals surface area contributed by atoms with Crippen molar-refractivity contribution in [1.82, 2.24) is 4.90 Å². The maximum Gasteiger partial charge on any atom is 0.341 e. The van der Waals surface area contributed by atoms with Crippen LogP contribution in [0.4, 0.5) is 5.69 Å². The van der Waals surface area contributed by atoms with E-state index >= 15 is 0 Å². The molecule has 0 radical (unpaired) electrons. The fraction of sp³-hybridized carbons (Fsp3) is 0.462. The Labute approximate surface area is 116 Å². The molecule has 0 bridgehead atoms. The van der Waals surface area contributed by atoms with E-state index in [9.17, 15) is 20.0 Å². The van der Waals surface area contributed by atoms with Crippen LogP contribution in [0, 0.1) is 10.1 Å². The predicted octanol–water partition coefficient (Wildman–Crippen LogP) is 1.80. The van der Waals surface area contributed by atoms with Crippen molar-refractivity contribution in [3.05, 3.63) is 33.9 Å². The number of nitro benzene ring substituents is 1. The first-order valence-corrected chi connectivity index (χ1v) is 6.36. The molecule has 0 fully saturated rings. The molecule has 0 unspecified atom stereocenters. The van der Waals surface area contributed by atoms with Crippen molar-refractivity contribution in [3.63, 3.8) is 0 Å². The second-order valence-corrected chi connectivity index (χ2v) is 4.12. The zero-order valence-corrected chi connectivity index (χ0v) is 11.5. The quantitative estimate of drug-likeness (QED) is 0.465. The lowest BCUT2D eigenvalue weighted by Gasteiger charge is -2.17. The van der Waals surface area contributed by atoms with E-state index in [1.165, 1.54) is 6.07 Å². The fourth-order valence-corrected chi connectivity index (χ4v) is 1.69. The van der Waals surface area contributed by atoms with Crippen molar-refractivity contribution in [2.24, 2.45) is 0 Å². The Balaban J connectivity index is 2.62. The van der Waals surface area contributed by atoms with E-state index in [0.717, 1.165) is 25.2 Å². The lowest BCUT2D eigenvalue weighted by atomic mass is 10.2. The molecule has 1 aromatic rings. The Morgan fingerprint density at radius 1 is 1.40 bits per heavy atom. The molecule has 0 aliphatic heterocycles. The number of benzene rings is 1. The number of rotatable bonds is 7. The van der Waals surface area contributed by atoms with E-state index < -0.39 is 16.6 Å². The summed E-state index contributed by atoms with van der Waals surface area (Å²) in [6, 6.07) is 3.27. The van der Waals surface area contributed by atoms with Crippen LogP contribution >= 0.6 is 0 Å². The number of nitro groups is 1. The van der Waals surface area contributed by atoms with E-state index in [-0.39, 0.29) is 17.9 Å². The van der Waals surface area contributed by atoms with Gasteiger partial charge in [-0.2, -0.15) is 0 Å². The first-order chi connectivity index (χ1) is 9.49. The average Bonchev–Trinajstić information content (AvgIpc) is 2.43. The third-order valence-corrected chi connectivity index (χ3v) is 2.95. The van der Waals surface area contributed by atoms with Crippen LogP contribution in [0.5, 0.6) is 5.75 Å². The second-order valence-electron chi connectivity index (χ2n) is 4.12. The number of ether oxygens (including phenoxy) is 1. The number of aromatic hydroxyl groups is 1. The minimum absolute atomic E-state index is 0.0739. The molecule has 1 N–H and O–H groups in total. The van der Waals surface area contributed by atoms with E-state index in [4.69, 9.17) is 4.74 Å². The number of esters is 1. The monoisotopic (exact) mass is 282 g/mol. The van der Waals surface area contributed by atoms with Gasteiger partial charge in [-0.25, -0.2) is 4.79 Å². The number of hydrogen-bond acceptors (Lipinski definition) is 6. The lowest BCUT2D eigenvalue weighted by molar-refractivity contribution is -0.384. The van der Waals surface area contributed by atoms with Crippen molar-refractivity contribution >= 4 is 11.7 Å². The van der Waals surface area contributed by atoms with Crippen molar-refractivity contribution in [2.75, 3.05) is 26.2 Å². The summed E-state index contributed by atoms with van der Waals surface area (Å²) in [7, 11) is 0. The number of carbonyl (C=O) groups is 1. The molecule has 0 saturated heterocycles. The highest BCUT2D eigenvalue weighted by Crippen LogP contribution is 2.23. The summed E-state index contributed by atoms with van der Waals surface area (Å²) in [6.07, 6.45) is 0. The van der Waals surface area contributed by atoms with Crippen molar-refractivity contribution < 1.29 is 19.6 Å². The maximum atomic E-state index is 11.7. The summed E-state index contributed by atoms with van der Waals surface area (Å²) in [5, 5.41) is 20.1. The predicted molar refractivity (Wildman–Crippen MR) is 72.8 cm³/mol. The van der Waals surface area contributed by atoms with E-state index in [0.29, 0.717) is 6.54 Å². The van der Waals surface area contributed by atoms with Gasteiger partial charge in [0.1, 0.15) is 17.9 Å². The summed E-state index contributed by atoms with van der Waals surface area (Å²) in [4.78, 5) is 23.7. The number of nitrogens with zero attached hydrogens (tertiary/aromatic N) is 2. The van der Waals surface area contributed by atoms with Crippen molar-refractivity contribution in [2.45, 2.75) is 13.8 Å². The molecule has 0 heterocycles. The molecule has 1 aromatic carbocycles. The summed E-state index contributed by atoms with van der Waals surface area (Å²) < 4.78 is 5.03. The molecule has 0 amide bonds. The number of carbonyl (C=O) groups excluding carboxylic acids is 1. The van der Waals surface area contributed by atoms with Gasteiger partial charge < -0.3 is 14.7 Å². The Bertz CT molecular complexity index is 486. The van der Waals surface area contributed by atoms with Gasteiger partial charge in [-0.1, -0.05) is 13.8 Å². The summed E-state index contributed by atoms with van der Waals surface area (Å²) in [5.41, 5.74) is -0.350. The highest BCUT2D eigenvalue weighted by molar-refractivity contribution is 5.92. The van der Waals surface area contributed by atoms with Crippen LogP contribution in [0.25, 0.3) is 0 Å². The molecular formula is C13H18N2O5. The molecular weight excluding hydrogens is 264 g/mol. The van der Waals surface area contributed by atoms with Crippen molar-refractivity contribution in [1.29, 1.82) is 0 Å². The number of phenols is 1. The molecule has 0 saturated carbocycles. The molecule has 1 rings (SSSR count). The molecule has 7 nitrogen and oxygen atoms in total. The van der Waals surface area contributed by atoms with Crippen LogP contribution in [0.1, 0.15) is 24.2 Å². The van der Waals surface area contributed by atoms with Crippen LogP contribution in [-0.4, -0.2) is 47.1 Å².